The Morgan fingerprint density at radius 2 is 2.17 bits per heavy atom. The van der Waals surface area contributed by atoms with E-state index in [-0.39, 0.29) is 11.5 Å². The molecule has 92 valence electrons. The van der Waals surface area contributed by atoms with Crippen molar-refractivity contribution in [1.82, 2.24) is 4.98 Å². The average Bonchev–Trinajstić information content (AvgIpc) is 2.34. The van der Waals surface area contributed by atoms with E-state index in [1.165, 1.54) is 18.3 Å². The van der Waals surface area contributed by atoms with Crippen LogP contribution in [-0.2, 0) is 9.05 Å². The maximum Gasteiger partial charge on any atom is 0.261 e. The number of hydrogen-bond acceptors (Lipinski definition) is 4. The predicted molar refractivity (Wildman–Crippen MR) is 69.1 cm³/mol. The maximum atomic E-state index is 11.4. The molecular weight excluding hydrogens is 274 g/mol. The highest BCUT2D eigenvalue weighted by Crippen LogP contribution is 2.30. The number of benzene rings is 1. The molecule has 0 saturated carbocycles. The molecule has 2 aromatic rings. The second-order valence-corrected chi connectivity index (χ2v) is 5.93. The molecule has 0 bridgehead atoms. The van der Waals surface area contributed by atoms with Crippen molar-refractivity contribution in [1.29, 1.82) is 0 Å². The van der Waals surface area contributed by atoms with E-state index < -0.39 is 9.05 Å². The van der Waals surface area contributed by atoms with Crippen LogP contribution in [0.5, 0.6) is 5.75 Å². The predicted octanol–water partition coefficient (Wildman–Crippen LogP) is 2.17. The molecule has 0 spiro atoms. The summed E-state index contributed by atoms with van der Waals surface area (Å²) in [5.41, 5.74) is 0.412. The van der Waals surface area contributed by atoms with Crippen molar-refractivity contribution in [3.05, 3.63) is 30.5 Å². The first-order valence-electron chi connectivity index (χ1n) is 4.92. The molecule has 18 heavy (non-hydrogen) atoms. The topological polar surface area (TPSA) is 56.3 Å². The molecule has 0 atom stereocenters. The first-order valence-corrected chi connectivity index (χ1v) is 7.23. The lowest BCUT2D eigenvalue weighted by atomic mass is 10.2. The normalized spacial score (nSPS) is 11.1. The van der Waals surface area contributed by atoms with Gasteiger partial charge in [0.05, 0.1) is 4.90 Å². The van der Waals surface area contributed by atoms with Gasteiger partial charge in [0.25, 0.3) is 9.05 Å². The van der Waals surface area contributed by atoms with Crippen LogP contribution in [0, 0.1) is 12.3 Å². The van der Waals surface area contributed by atoms with Gasteiger partial charge in [-0.25, -0.2) is 8.42 Å². The Morgan fingerprint density at radius 1 is 1.39 bits per heavy atom. The molecule has 0 unspecified atom stereocenters. The third kappa shape index (κ3) is 2.40. The minimum Gasteiger partial charge on any atom is -0.479 e. The third-order valence-electron chi connectivity index (χ3n) is 2.27. The van der Waals surface area contributed by atoms with E-state index in [1.807, 2.05) is 0 Å². The first-order chi connectivity index (χ1) is 8.54. The standard InChI is InChI=1S/C12H8ClNO3S/c1-2-8-17-10-5-6-11(18(13,15)16)9-4-3-7-14-12(9)10/h1,3-7H,8H2. The van der Waals surface area contributed by atoms with Crippen LogP contribution in [0.15, 0.2) is 35.4 Å². The Hall–Kier alpha value is -1.77. The van der Waals surface area contributed by atoms with Gasteiger partial charge >= 0.3 is 0 Å². The quantitative estimate of drug-likeness (QED) is 0.639. The molecule has 1 aromatic carbocycles. The number of aromatic nitrogens is 1. The van der Waals surface area contributed by atoms with Gasteiger partial charge in [-0.05, 0) is 24.3 Å². The second kappa shape index (κ2) is 4.84. The lowest BCUT2D eigenvalue weighted by molar-refractivity contribution is 0.374. The second-order valence-electron chi connectivity index (χ2n) is 3.39. The van der Waals surface area contributed by atoms with Gasteiger partial charge in [0, 0.05) is 22.3 Å². The van der Waals surface area contributed by atoms with Crippen LogP contribution in [0.2, 0.25) is 0 Å². The number of hydrogen-bond donors (Lipinski definition) is 0. The van der Waals surface area contributed by atoms with Crippen molar-refractivity contribution in [3.63, 3.8) is 0 Å². The Balaban J connectivity index is 2.71. The van der Waals surface area contributed by atoms with Gasteiger partial charge < -0.3 is 4.74 Å². The molecule has 0 aliphatic heterocycles. The number of nitrogens with zero attached hydrogens (tertiary/aromatic N) is 1. The summed E-state index contributed by atoms with van der Waals surface area (Å²) in [6.07, 6.45) is 6.64. The summed E-state index contributed by atoms with van der Waals surface area (Å²) >= 11 is 0. The summed E-state index contributed by atoms with van der Waals surface area (Å²) in [5.74, 6) is 2.76. The summed E-state index contributed by atoms with van der Waals surface area (Å²) in [5, 5.41) is 0.405. The summed E-state index contributed by atoms with van der Waals surface area (Å²) in [6.45, 7) is 0.0820. The van der Waals surface area contributed by atoms with Crippen LogP contribution in [0.25, 0.3) is 10.9 Å². The number of fused-ring (bicyclic) bond motifs is 1. The zero-order chi connectivity index (χ0) is 13.2. The van der Waals surface area contributed by atoms with Crippen LogP contribution in [0.3, 0.4) is 0 Å². The SMILES string of the molecule is C#CCOc1ccc(S(=O)(=O)Cl)c2cccnc12. The molecule has 0 aliphatic rings. The van der Waals surface area contributed by atoms with Crippen LogP contribution >= 0.6 is 10.7 Å². The largest absolute Gasteiger partial charge is 0.479 e. The fourth-order valence-electron chi connectivity index (χ4n) is 1.57. The molecule has 0 radical (unpaired) electrons. The average molecular weight is 282 g/mol. The Morgan fingerprint density at radius 3 is 2.83 bits per heavy atom. The Bertz CT molecular complexity index is 735. The van der Waals surface area contributed by atoms with Crippen molar-refractivity contribution in [3.8, 4) is 18.1 Å². The lowest BCUT2D eigenvalue weighted by Gasteiger charge is -2.08. The van der Waals surface area contributed by atoms with Gasteiger partial charge in [-0.1, -0.05) is 5.92 Å². The first kappa shape index (κ1) is 12.7. The molecule has 1 heterocycles. The fraction of sp³-hybridized carbons (Fsp3) is 0.0833. The zero-order valence-electron chi connectivity index (χ0n) is 9.13. The van der Waals surface area contributed by atoms with E-state index in [9.17, 15) is 8.42 Å². The van der Waals surface area contributed by atoms with Gasteiger partial charge in [-0.15, -0.1) is 6.42 Å². The van der Waals surface area contributed by atoms with Crippen molar-refractivity contribution in [2.45, 2.75) is 4.90 Å². The smallest absolute Gasteiger partial charge is 0.261 e. The summed E-state index contributed by atoms with van der Waals surface area (Å²) in [6, 6.07) is 6.10. The van der Waals surface area contributed by atoms with Gasteiger partial charge in [0.2, 0.25) is 0 Å². The number of ether oxygens (including phenoxy) is 1. The van der Waals surface area contributed by atoms with E-state index in [0.29, 0.717) is 16.7 Å². The van der Waals surface area contributed by atoms with Gasteiger partial charge in [-0.2, -0.15) is 0 Å². The van der Waals surface area contributed by atoms with Crippen molar-refractivity contribution >= 4 is 30.6 Å². The minimum absolute atomic E-state index is 0.000300. The molecule has 0 saturated heterocycles. The van der Waals surface area contributed by atoms with Crippen LogP contribution in [0.1, 0.15) is 0 Å². The van der Waals surface area contributed by atoms with E-state index in [0.717, 1.165) is 0 Å². The fourth-order valence-corrected chi connectivity index (χ4v) is 2.63. The molecule has 1 aromatic heterocycles. The molecular formula is C12H8ClNO3S. The van der Waals surface area contributed by atoms with Gasteiger partial charge in [-0.3, -0.25) is 4.98 Å². The minimum atomic E-state index is -3.83. The molecule has 6 heteroatoms. The van der Waals surface area contributed by atoms with Crippen molar-refractivity contribution < 1.29 is 13.2 Å². The van der Waals surface area contributed by atoms with Crippen LogP contribution in [-0.4, -0.2) is 20.0 Å². The van der Waals surface area contributed by atoms with Gasteiger partial charge in [0.15, 0.2) is 0 Å². The molecule has 2 rings (SSSR count). The maximum absolute atomic E-state index is 11.4. The Kier molecular flexibility index (Phi) is 3.41. The molecule has 0 amide bonds. The lowest BCUT2D eigenvalue weighted by Crippen LogP contribution is -1.98. The summed E-state index contributed by atoms with van der Waals surface area (Å²) < 4.78 is 28.2. The molecule has 4 nitrogen and oxygen atoms in total. The van der Waals surface area contributed by atoms with Gasteiger partial charge in [0.1, 0.15) is 17.9 Å². The monoisotopic (exact) mass is 281 g/mol. The van der Waals surface area contributed by atoms with E-state index >= 15 is 0 Å². The molecule has 0 N–H and O–H groups in total. The number of terminal acetylenes is 1. The van der Waals surface area contributed by atoms with Crippen LogP contribution in [0.4, 0.5) is 0 Å². The number of pyridine rings is 1. The Labute approximate surface area is 109 Å². The highest BCUT2D eigenvalue weighted by atomic mass is 35.7. The van der Waals surface area contributed by atoms with E-state index in [2.05, 4.69) is 10.9 Å². The highest BCUT2D eigenvalue weighted by Gasteiger charge is 2.16. The molecule has 0 aliphatic carbocycles. The number of rotatable bonds is 3. The highest BCUT2D eigenvalue weighted by molar-refractivity contribution is 8.14. The summed E-state index contributed by atoms with van der Waals surface area (Å²) in [7, 11) is 1.54. The van der Waals surface area contributed by atoms with E-state index in [4.69, 9.17) is 21.8 Å². The number of halogens is 1. The summed E-state index contributed by atoms with van der Waals surface area (Å²) in [4.78, 5) is 4.09. The van der Waals surface area contributed by atoms with E-state index in [1.54, 1.807) is 12.1 Å². The third-order valence-corrected chi connectivity index (χ3v) is 3.65. The van der Waals surface area contributed by atoms with Crippen molar-refractivity contribution in [2.24, 2.45) is 0 Å². The van der Waals surface area contributed by atoms with Crippen molar-refractivity contribution in [2.75, 3.05) is 6.61 Å². The zero-order valence-corrected chi connectivity index (χ0v) is 10.7. The molecule has 0 fully saturated rings. The van der Waals surface area contributed by atoms with Crippen LogP contribution < -0.4 is 4.74 Å².